The summed E-state index contributed by atoms with van der Waals surface area (Å²) in [5.74, 6) is 1.12. The second-order valence-electron chi connectivity index (χ2n) is 3.02. The zero-order valence-electron chi connectivity index (χ0n) is 7.54. The lowest BCUT2D eigenvalue weighted by Gasteiger charge is -2.07. The van der Waals surface area contributed by atoms with Crippen molar-refractivity contribution >= 4 is 17.7 Å². The van der Waals surface area contributed by atoms with Crippen LogP contribution in [-0.4, -0.2) is 23.6 Å². The molecule has 0 aromatic rings. The van der Waals surface area contributed by atoms with E-state index in [-0.39, 0.29) is 11.2 Å². The maximum atomic E-state index is 11.3. The average Bonchev–Trinajstić information content (AvgIpc) is 2.56. The summed E-state index contributed by atoms with van der Waals surface area (Å²) >= 11 is 1.73. The van der Waals surface area contributed by atoms with Gasteiger partial charge in [-0.3, -0.25) is 4.79 Å². The van der Waals surface area contributed by atoms with Gasteiger partial charge in [0.15, 0.2) is 0 Å². The van der Waals surface area contributed by atoms with Gasteiger partial charge in [-0.1, -0.05) is 13.3 Å². The minimum absolute atomic E-state index is 0.00551. The first-order valence-corrected chi connectivity index (χ1v) is 5.67. The minimum atomic E-state index is 0.00551. The van der Waals surface area contributed by atoms with Gasteiger partial charge in [-0.15, -0.1) is 11.8 Å². The lowest BCUT2D eigenvalue weighted by Crippen LogP contribution is -2.17. The fraction of sp³-hybridized carbons (Fsp3) is 0.889. The van der Waals surface area contributed by atoms with Gasteiger partial charge < -0.3 is 4.74 Å². The number of rotatable bonds is 4. The molecule has 12 heavy (non-hydrogen) atoms. The van der Waals surface area contributed by atoms with Crippen LogP contribution in [0.3, 0.4) is 0 Å². The molecule has 0 aromatic carbocycles. The molecule has 1 saturated heterocycles. The lowest BCUT2D eigenvalue weighted by molar-refractivity contribution is -0.143. The zero-order valence-corrected chi connectivity index (χ0v) is 8.36. The summed E-state index contributed by atoms with van der Waals surface area (Å²) < 4.78 is 5.11. The van der Waals surface area contributed by atoms with Crippen LogP contribution < -0.4 is 0 Å². The smallest absolute Gasteiger partial charge is 0.319 e. The van der Waals surface area contributed by atoms with E-state index in [1.54, 1.807) is 11.8 Å². The van der Waals surface area contributed by atoms with Crippen molar-refractivity contribution in [2.45, 2.75) is 37.9 Å². The van der Waals surface area contributed by atoms with Gasteiger partial charge in [-0.25, -0.2) is 0 Å². The van der Waals surface area contributed by atoms with Crippen LogP contribution in [0.4, 0.5) is 0 Å². The third kappa shape index (κ3) is 3.05. The fourth-order valence-electron chi connectivity index (χ4n) is 1.17. The summed E-state index contributed by atoms with van der Waals surface area (Å²) in [5.41, 5.74) is 0. The van der Waals surface area contributed by atoms with Crippen LogP contribution in [0, 0.1) is 0 Å². The molecule has 0 aliphatic carbocycles. The van der Waals surface area contributed by atoms with Gasteiger partial charge in [0.1, 0.15) is 5.25 Å². The molecule has 1 fully saturated rings. The first-order chi connectivity index (χ1) is 5.84. The Labute approximate surface area is 78.1 Å². The number of esters is 1. The third-order valence-corrected chi connectivity index (χ3v) is 3.29. The number of carbonyl (C=O) groups excluding carboxylic acids is 1. The van der Waals surface area contributed by atoms with Crippen LogP contribution in [0.5, 0.6) is 0 Å². The highest BCUT2D eigenvalue weighted by atomic mass is 32.2. The minimum Gasteiger partial charge on any atom is -0.465 e. The molecule has 1 aliphatic rings. The van der Waals surface area contributed by atoms with Crippen molar-refractivity contribution in [1.29, 1.82) is 0 Å². The first-order valence-electron chi connectivity index (χ1n) is 4.63. The Morgan fingerprint density at radius 2 is 2.50 bits per heavy atom. The van der Waals surface area contributed by atoms with Crippen molar-refractivity contribution < 1.29 is 9.53 Å². The Morgan fingerprint density at radius 1 is 1.67 bits per heavy atom. The molecule has 0 spiro atoms. The molecule has 1 aliphatic heterocycles. The maximum Gasteiger partial charge on any atom is 0.319 e. The number of thioether (sulfide) groups is 1. The zero-order chi connectivity index (χ0) is 8.81. The lowest BCUT2D eigenvalue weighted by atomic mass is 10.2. The quantitative estimate of drug-likeness (QED) is 0.500. The summed E-state index contributed by atoms with van der Waals surface area (Å²) in [7, 11) is 0. The summed E-state index contributed by atoms with van der Waals surface area (Å²) in [4.78, 5) is 11.3. The highest BCUT2D eigenvalue weighted by molar-refractivity contribution is 8.00. The van der Waals surface area contributed by atoms with Crippen molar-refractivity contribution in [1.82, 2.24) is 0 Å². The number of carbonyl (C=O) groups is 1. The second kappa shape index (κ2) is 5.46. The standard InChI is InChI=1S/C9H16O2S/c1-2-3-6-11-9(10)8-5-4-7-12-8/h8H,2-7H2,1H3. The highest BCUT2D eigenvalue weighted by Gasteiger charge is 2.24. The molecule has 0 radical (unpaired) electrons. The van der Waals surface area contributed by atoms with E-state index in [1.807, 2.05) is 0 Å². The summed E-state index contributed by atoms with van der Waals surface area (Å²) in [6.07, 6.45) is 4.25. The topological polar surface area (TPSA) is 26.3 Å². The van der Waals surface area contributed by atoms with Crippen LogP contribution >= 0.6 is 11.8 Å². The maximum absolute atomic E-state index is 11.3. The molecule has 1 heterocycles. The van der Waals surface area contributed by atoms with Crippen LogP contribution in [0.1, 0.15) is 32.6 Å². The first kappa shape index (κ1) is 9.90. The van der Waals surface area contributed by atoms with Crippen molar-refractivity contribution in [3.8, 4) is 0 Å². The van der Waals surface area contributed by atoms with Crippen molar-refractivity contribution in [3.05, 3.63) is 0 Å². The van der Waals surface area contributed by atoms with Crippen LogP contribution in [0.2, 0.25) is 0 Å². The van der Waals surface area contributed by atoms with Crippen LogP contribution in [-0.2, 0) is 9.53 Å². The molecule has 1 atom stereocenters. The Bertz CT molecular complexity index is 141. The summed E-state index contributed by atoms with van der Waals surface area (Å²) in [6, 6.07) is 0. The molecule has 3 heteroatoms. The van der Waals surface area contributed by atoms with E-state index in [0.29, 0.717) is 6.61 Å². The summed E-state index contributed by atoms with van der Waals surface area (Å²) in [6.45, 7) is 2.70. The van der Waals surface area contributed by atoms with Gasteiger partial charge in [-0.05, 0) is 25.0 Å². The van der Waals surface area contributed by atoms with Gasteiger partial charge >= 0.3 is 5.97 Å². The van der Waals surface area contributed by atoms with E-state index < -0.39 is 0 Å². The Morgan fingerprint density at radius 3 is 3.08 bits per heavy atom. The number of unbranched alkanes of at least 4 members (excludes halogenated alkanes) is 1. The Kier molecular flexibility index (Phi) is 4.51. The molecule has 0 bridgehead atoms. The SMILES string of the molecule is CCCCOC(=O)C1CCCS1. The summed E-state index contributed by atoms with van der Waals surface area (Å²) in [5, 5.41) is 0.141. The van der Waals surface area contributed by atoms with E-state index in [0.717, 1.165) is 31.4 Å². The molecule has 70 valence electrons. The molecule has 1 rings (SSSR count). The predicted octanol–water partition coefficient (Wildman–Crippen LogP) is 2.23. The molecule has 2 nitrogen and oxygen atoms in total. The molecular formula is C9H16O2S. The van der Waals surface area contributed by atoms with Crippen molar-refractivity contribution in [2.75, 3.05) is 12.4 Å². The number of hydrogen-bond donors (Lipinski definition) is 0. The fourth-order valence-corrected chi connectivity index (χ4v) is 2.33. The van der Waals surface area contributed by atoms with Crippen molar-refractivity contribution in [2.24, 2.45) is 0 Å². The number of ether oxygens (including phenoxy) is 1. The van der Waals surface area contributed by atoms with E-state index >= 15 is 0 Å². The van der Waals surface area contributed by atoms with Crippen LogP contribution in [0.25, 0.3) is 0 Å². The van der Waals surface area contributed by atoms with Gasteiger partial charge in [0.25, 0.3) is 0 Å². The largest absolute Gasteiger partial charge is 0.465 e. The monoisotopic (exact) mass is 188 g/mol. The van der Waals surface area contributed by atoms with E-state index in [2.05, 4.69) is 6.92 Å². The molecule has 0 N–H and O–H groups in total. The molecule has 0 aromatic heterocycles. The van der Waals surface area contributed by atoms with Gasteiger partial charge in [-0.2, -0.15) is 0 Å². The molecule has 1 unspecified atom stereocenters. The van der Waals surface area contributed by atoms with Crippen LogP contribution in [0.15, 0.2) is 0 Å². The Hall–Kier alpha value is -0.180. The second-order valence-corrected chi connectivity index (χ2v) is 4.33. The average molecular weight is 188 g/mol. The normalized spacial score (nSPS) is 22.6. The molecular weight excluding hydrogens is 172 g/mol. The highest BCUT2D eigenvalue weighted by Crippen LogP contribution is 2.26. The molecule has 0 amide bonds. The van der Waals surface area contributed by atoms with Gasteiger partial charge in [0.05, 0.1) is 6.61 Å². The van der Waals surface area contributed by atoms with Crippen molar-refractivity contribution in [3.63, 3.8) is 0 Å². The van der Waals surface area contributed by atoms with E-state index in [9.17, 15) is 4.79 Å². The van der Waals surface area contributed by atoms with Gasteiger partial charge in [0.2, 0.25) is 0 Å². The van der Waals surface area contributed by atoms with E-state index in [1.165, 1.54) is 0 Å². The third-order valence-electron chi connectivity index (χ3n) is 1.93. The Balaban J connectivity index is 2.10. The molecule has 0 saturated carbocycles. The van der Waals surface area contributed by atoms with E-state index in [4.69, 9.17) is 4.74 Å². The number of hydrogen-bond acceptors (Lipinski definition) is 3. The predicted molar refractivity (Wildman–Crippen MR) is 51.3 cm³/mol. The van der Waals surface area contributed by atoms with Gasteiger partial charge in [0, 0.05) is 0 Å².